The van der Waals surface area contributed by atoms with Crippen LogP contribution in [0.5, 0.6) is 17.2 Å². The minimum absolute atomic E-state index is 0.0830. The Morgan fingerprint density at radius 1 is 1.29 bits per heavy atom. The Labute approximate surface area is 176 Å². The molecule has 10 heteroatoms. The second kappa shape index (κ2) is 7.63. The molecule has 1 aromatic carbocycles. The zero-order chi connectivity index (χ0) is 22.3. The van der Waals surface area contributed by atoms with Gasteiger partial charge in [0.1, 0.15) is 34.1 Å². The molecule has 0 aliphatic carbocycles. The summed E-state index contributed by atoms with van der Waals surface area (Å²) in [5.41, 5.74) is 5.68. The fraction of sp³-hybridized carbons (Fsp3) is 0.238. The third-order valence-corrected chi connectivity index (χ3v) is 5.10. The van der Waals surface area contributed by atoms with Crippen molar-refractivity contribution in [3.63, 3.8) is 0 Å². The lowest BCUT2D eigenvalue weighted by atomic mass is 9.95. The molecule has 4 rings (SSSR count). The number of nitrogens with zero attached hydrogens (tertiary/aromatic N) is 3. The van der Waals surface area contributed by atoms with E-state index in [1.54, 1.807) is 32.2 Å². The van der Waals surface area contributed by atoms with Crippen molar-refractivity contribution in [2.45, 2.75) is 19.4 Å². The van der Waals surface area contributed by atoms with Crippen LogP contribution in [0.4, 0.5) is 5.82 Å². The number of aryl methyl sites for hydroxylation is 1. The van der Waals surface area contributed by atoms with E-state index in [0.717, 1.165) is 0 Å². The number of aromatic nitrogens is 2. The fourth-order valence-corrected chi connectivity index (χ4v) is 3.67. The third kappa shape index (κ3) is 3.41. The summed E-state index contributed by atoms with van der Waals surface area (Å²) < 4.78 is 17.6. The van der Waals surface area contributed by atoms with Crippen LogP contribution < -0.4 is 20.8 Å². The Morgan fingerprint density at radius 2 is 2.06 bits per heavy atom. The van der Waals surface area contributed by atoms with E-state index in [-0.39, 0.29) is 40.6 Å². The molecule has 0 saturated carbocycles. The lowest BCUT2D eigenvalue weighted by Gasteiger charge is -2.26. The van der Waals surface area contributed by atoms with Crippen LogP contribution >= 0.6 is 0 Å². The molecule has 1 amide bonds. The van der Waals surface area contributed by atoms with Gasteiger partial charge in [-0.15, -0.1) is 0 Å². The van der Waals surface area contributed by atoms with Crippen molar-refractivity contribution < 1.29 is 23.8 Å². The second-order valence-corrected chi connectivity index (χ2v) is 6.98. The van der Waals surface area contributed by atoms with Gasteiger partial charge in [-0.05, 0) is 25.1 Å². The molecule has 1 aliphatic rings. The first-order valence-corrected chi connectivity index (χ1v) is 9.35. The number of benzene rings is 1. The van der Waals surface area contributed by atoms with Gasteiger partial charge in [-0.1, -0.05) is 0 Å². The number of fused-ring (bicyclic) bond motifs is 1. The van der Waals surface area contributed by atoms with Crippen LogP contribution in [0, 0.1) is 6.92 Å². The molecule has 1 unspecified atom stereocenters. The quantitative estimate of drug-likeness (QED) is 0.638. The lowest BCUT2D eigenvalue weighted by Crippen LogP contribution is -2.26. The number of rotatable bonds is 5. The zero-order valence-corrected chi connectivity index (χ0v) is 17.1. The number of aromatic hydroxyl groups is 1. The van der Waals surface area contributed by atoms with Gasteiger partial charge in [0.25, 0.3) is 5.91 Å². The first kappa shape index (κ1) is 20.2. The number of hydrogen-bond donors (Lipinski definition) is 2. The molecule has 3 aromatic rings. The Bertz CT molecular complexity index is 1270. The standard InChI is InChI=1S/C21H20N4O6/c1-10-6-16(26)18(21(28)31-10)14-8-15(12-7-11(29-2)4-5-17(12)30-3)25-20(24-14)13(9-23-25)19(22)27/h4-7,9,15,26H,8H2,1-3H3,(H2,22,27). The number of aliphatic imine (C=N–C) groups is 1. The van der Waals surface area contributed by atoms with Crippen molar-refractivity contribution in [1.82, 2.24) is 9.78 Å². The van der Waals surface area contributed by atoms with E-state index in [0.29, 0.717) is 17.1 Å². The summed E-state index contributed by atoms with van der Waals surface area (Å²) in [7, 11) is 3.07. The van der Waals surface area contributed by atoms with Crippen molar-refractivity contribution in [2.75, 3.05) is 14.2 Å². The molecule has 1 atom stereocenters. The average Bonchev–Trinajstić information content (AvgIpc) is 3.16. The summed E-state index contributed by atoms with van der Waals surface area (Å²) in [6, 6.07) is 6.08. The highest BCUT2D eigenvalue weighted by Gasteiger charge is 2.33. The van der Waals surface area contributed by atoms with Crippen molar-refractivity contribution in [2.24, 2.45) is 10.7 Å². The maximum atomic E-state index is 12.5. The molecule has 1 aliphatic heterocycles. The molecule has 3 heterocycles. The molecule has 10 nitrogen and oxygen atoms in total. The molecule has 2 aromatic heterocycles. The maximum Gasteiger partial charge on any atom is 0.348 e. The van der Waals surface area contributed by atoms with Gasteiger partial charge < -0.3 is 24.7 Å². The van der Waals surface area contributed by atoms with Gasteiger partial charge in [-0.25, -0.2) is 14.5 Å². The van der Waals surface area contributed by atoms with Gasteiger partial charge in [0.15, 0.2) is 5.82 Å². The number of carbonyl (C=O) groups excluding carboxylic acids is 1. The molecule has 0 saturated heterocycles. The Hall–Kier alpha value is -4.08. The van der Waals surface area contributed by atoms with Gasteiger partial charge in [0.2, 0.25) is 0 Å². The Morgan fingerprint density at radius 3 is 2.71 bits per heavy atom. The zero-order valence-electron chi connectivity index (χ0n) is 17.1. The van der Waals surface area contributed by atoms with E-state index in [1.165, 1.54) is 24.1 Å². The minimum atomic E-state index is -0.735. The molecule has 0 bridgehead atoms. The van der Waals surface area contributed by atoms with Crippen molar-refractivity contribution in [3.8, 4) is 17.2 Å². The smallest absolute Gasteiger partial charge is 0.348 e. The van der Waals surface area contributed by atoms with Crippen molar-refractivity contribution in [3.05, 3.63) is 63.3 Å². The van der Waals surface area contributed by atoms with E-state index in [2.05, 4.69) is 10.1 Å². The number of carbonyl (C=O) groups is 1. The number of nitrogens with two attached hydrogens (primary N) is 1. The second-order valence-electron chi connectivity index (χ2n) is 6.98. The summed E-state index contributed by atoms with van der Waals surface area (Å²) in [4.78, 5) is 28.9. The molecule has 0 fully saturated rings. The summed E-state index contributed by atoms with van der Waals surface area (Å²) in [5, 5.41) is 14.7. The highest BCUT2D eigenvalue weighted by Crippen LogP contribution is 2.40. The van der Waals surface area contributed by atoms with Crippen LogP contribution in [0.2, 0.25) is 0 Å². The van der Waals surface area contributed by atoms with Gasteiger partial charge in [-0.2, -0.15) is 5.10 Å². The predicted octanol–water partition coefficient (Wildman–Crippen LogP) is 2.08. The van der Waals surface area contributed by atoms with E-state index in [1.807, 2.05) is 0 Å². The molecule has 160 valence electrons. The molecule has 0 radical (unpaired) electrons. The van der Waals surface area contributed by atoms with Crippen LogP contribution in [0.15, 0.2) is 44.7 Å². The molecule has 31 heavy (non-hydrogen) atoms. The summed E-state index contributed by atoms with van der Waals surface area (Å²) >= 11 is 0. The largest absolute Gasteiger partial charge is 0.507 e. The molecule has 0 spiro atoms. The highest BCUT2D eigenvalue weighted by atomic mass is 16.5. The number of primary amides is 1. The Balaban J connectivity index is 1.96. The number of ether oxygens (including phenoxy) is 2. The molecule has 3 N–H and O–H groups in total. The van der Waals surface area contributed by atoms with E-state index in [9.17, 15) is 14.7 Å². The number of hydrogen-bond acceptors (Lipinski definition) is 8. The van der Waals surface area contributed by atoms with Crippen LogP contribution in [-0.2, 0) is 0 Å². The first-order chi connectivity index (χ1) is 14.8. The first-order valence-electron chi connectivity index (χ1n) is 9.35. The lowest BCUT2D eigenvalue weighted by molar-refractivity contribution is 0.100. The summed E-state index contributed by atoms with van der Waals surface area (Å²) in [5.74, 6) is 0.579. The van der Waals surface area contributed by atoms with Crippen molar-refractivity contribution in [1.29, 1.82) is 0 Å². The monoisotopic (exact) mass is 424 g/mol. The van der Waals surface area contributed by atoms with Crippen LogP contribution in [-0.4, -0.2) is 40.7 Å². The maximum absolute atomic E-state index is 12.5. The van der Waals surface area contributed by atoms with Gasteiger partial charge >= 0.3 is 5.63 Å². The van der Waals surface area contributed by atoms with Crippen LogP contribution in [0.3, 0.4) is 0 Å². The fourth-order valence-electron chi connectivity index (χ4n) is 3.67. The van der Waals surface area contributed by atoms with Gasteiger partial charge in [-0.3, -0.25) is 4.79 Å². The topological polar surface area (TPSA) is 142 Å². The average molecular weight is 424 g/mol. The van der Waals surface area contributed by atoms with E-state index < -0.39 is 17.6 Å². The highest BCUT2D eigenvalue weighted by molar-refractivity contribution is 6.06. The van der Waals surface area contributed by atoms with E-state index >= 15 is 0 Å². The Kier molecular flexibility index (Phi) is 4.97. The van der Waals surface area contributed by atoms with Crippen molar-refractivity contribution >= 4 is 17.4 Å². The molecular formula is C21H20N4O6. The third-order valence-electron chi connectivity index (χ3n) is 5.10. The normalized spacial score (nSPS) is 15.2. The summed E-state index contributed by atoms with van der Waals surface area (Å²) in [6.07, 6.45) is 1.49. The minimum Gasteiger partial charge on any atom is -0.507 e. The van der Waals surface area contributed by atoms with Gasteiger partial charge in [0.05, 0.1) is 32.2 Å². The number of methoxy groups -OCH3 is 2. The SMILES string of the molecule is COc1ccc(OC)c(C2CC(c3c(O)cc(C)oc3=O)=Nc3c(C(N)=O)cnn32)c1. The van der Waals surface area contributed by atoms with Crippen LogP contribution in [0.1, 0.15) is 39.7 Å². The summed E-state index contributed by atoms with van der Waals surface area (Å²) in [6.45, 7) is 1.55. The van der Waals surface area contributed by atoms with Crippen LogP contribution in [0.25, 0.3) is 0 Å². The number of amides is 1. The van der Waals surface area contributed by atoms with Gasteiger partial charge in [0, 0.05) is 18.1 Å². The van der Waals surface area contributed by atoms with E-state index in [4.69, 9.17) is 19.6 Å². The molecular weight excluding hydrogens is 404 g/mol. The predicted molar refractivity (Wildman–Crippen MR) is 111 cm³/mol.